The molecule has 0 aliphatic carbocycles. The van der Waals surface area contributed by atoms with E-state index in [0.29, 0.717) is 17.5 Å². The van der Waals surface area contributed by atoms with Crippen LogP contribution in [0.4, 0.5) is 5.82 Å². The van der Waals surface area contributed by atoms with E-state index >= 15 is 0 Å². The summed E-state index contributed by atoms with van der Waals surface area (Å²) in [7, 11) is 0. The number of benzene rings is 1. The van der Waals surface area contributed by atoms with Crippen LogP contribution in [0, 0.1) is 0 Å². The summed E-state index contributed by atoms with van der Waals surface area (Å²) in [5.41, 5.74) is 6.52. The molecule has 9 heteroatoms. The molecule has 3 rings (SSSR count). The van der Waals surface area contributed by atoms with E-state index in [-0.39, 0.29) is 24.3 Å². The number of carbonyl (C=O) groups excluding carboxylic acids is 2. The lowest BCUT2D eigenvalue weighted by Crippen LogP contribution is -2.22. The molecule has 156 valence electrons. The van der Waals surface area contributed by atoms with Gasteiger partial charge in [-0.25, -0.2) is 9.97 Å². The molecule has 1 aromatic carbocycles. The van der Waals surface area contributed by atoms with Crippen molar-refractivity contribution >= 4 is 17.6 Å². The van der Waals surface area contributed by atoms with Crippen molar-refractivity contribution in [3.8, 4) is 11.7 Å². The fourth-order valence-corrected chi connectivity index (χ4v) is 2.62. The molecule has 2 aromatic heterocycles. The molecule has 3 N–H and O–H groups in total. The predicted molar refractivity (Wildman–Crippen MR) is 111 cm³/mol. The monoisotopic (exact) mass is 408 g/mol. The van der Waals surface area contributed by atoms with Crippen LogP contribution >= 0.6 is 0 Å². The zero-order chi connectivity index (χ0) is 21.7. The van der Waals surface area contributed by atoms with E-state index in [1.54, 1.807) is 48.8 Å². The van der Waals surface area contributed by atoms with Crippen molar-refractivity contribution in [3.63, 3.8) is 0 Å². The lowest BCUT2D eigenvalue weighted by atomic mass is 9.92. The van der Waals surface area contributed by atoms with E-state index in [2.05, 4.69) is 20.4 Å². The normalized spacial score (nSPS) is 11.2. The highest BCUT2D eigenvalue weighted by atomic mass is 16.5. The molecule has 2 amide bonds. The van der Waals surface area contributed by atoms with Crippen LogP contribution in [-0.2, 0) is 21.4 Å². The first-order valence-electron chi connectivity index (χ1n) is 9.40. The third-order valence-electron chi connectivity index (χ3n) is 4.16. The summed E-state index contributed by atoms with van der Waals surface area (Å²) in [5, 5.41) is 7.36. The predicted octanol–water partition coefficient (Wildman–Crippen LogP) is 2.01. The van der Waals surface area contributed by atoms with Crippen LogP contribution < -0.4 is 15.8 Å². The van der Waals surface area contributed by atoms with E-state index in [4.69, 9.17) is 10.5 Å². The summed E-state index contributed by atoms with van der Waals surface area (Å²) in [6.45, 7) is 5.90. The van der Waals surface area contributed by atoms with Gasteiger partial charge in [-0.1, -0.05) is 32.9 Å². The van der Waals surface area contributed by atoms with E-state index in [0.717, 1.165) is 11.3 Å². The topological polar surface area (TPSA) is 125 Å². The molecule has 0 saturated heterocycles. The minimum Gasteiger partial charge on any atom is -0.484 e. The van der Waals surface area contributed by atoms with Crippen LogP contribution in [-0.4, -0.2) is 38.2 Å². The lowest BCUT2D eigenvalue weighted by Gasteiger charge is -2.13. The Morgan fingerprint density at radius 1 is 1.13 bits per heavy atom. The Morgan fingerprint density at radius 3 is 2.40 bits per heavy atom. The number of carbonyl (C=O) groups is 2. The number of aromatic nitrogens is 4. The molecule has 0 saturated carbocycles. The second-order valence-corrected chi connectivity index (χ2v) is 7.75. The van der Waals surface area contributed by atoms with Gasteiger partial charge in [0.1, 0.15) is 11.6 Å². The van der Waals surface area contributed by atoms with Crippen molar-refractivity contribution in [2.24, 2.45) is 5.73 Å². The number of anilines is 1. The van der Waals surface area contributed by atoms with Gasteiger partial charge in [-0.3, -0.25) is 9.59 Å². The average Bonchev–Trinajstić information content (AvgIpc) is 3.12. The molecule has 0 bridgehead atoms. The third kappa shape index (κ3) is 5.40. The maximum Gasteiger partial charge on any atom is 0.263 e. The van der Waals surface area contributed by atoms with E-state index in [1.807, 2.05) is 20.8 Å². The average molecular weight is 408 g/mol. The van der Waals surface area contributed by atoms with Gasteiger partial charge in [-0.15, -0.1) is 0 Å². The van der Waals surface area contributed by atoms with Crippen molar-refractivity contribution in [3.05, 3.63) is 60.0 Å². The number of hydrogen-bond acceptors (Lipinski definition) is 6. The van der Waals surface area contributed by atoms with Gasteiger partial charge >= 0.3 is 0 Å². The first-order valence-corrected chi connectivity index (χ1v) is 9.40. The smallest absolute Gasteiger partial charge is 0.263 e. The second-order valence-electron chi connectivity index (χ2n) is 7.75. The summed E-state index contributed by atoms with van der Waals surface area (Å²) in [6.07, 6.45) is 3.37. The highest BCUT2D eigenvalue weighted by molar-refractivity contribution is 5.91. The summed E-state index contributed by atoms with van der Waals surface area (Å²) < 4.78 is 7.03. The zero-order valence-corrected chi connectivity index (χ0v) is 17.1. The van der Waals surface area contributed by atoms with Gasteiger partial charge in [0.15, 0.2) is 6.61 Å². The molecule has 0 radical (unpaired) electrons. The first kappa shape index (κ1) is 21.0. The molecule has 0 fully saturated rings. The van der Waals surface area contributed by atoms with Gasteiger partial charge in [0.2, 0.25) is 5.91 Å². The van der Waals surface area contributed by atoms with E-state index in [9.17, 15) is 9.59 Å². The Labute approximate surface area is 174 Å². The van der Waals surface area contributed by atoms with E-state index < -0.39 is 5.91 Å². The van der Waals surface area contributed by atoms with Crippen LogP contribution in [0.15, 0.2) is 48.8 Å². The Hall–Kier alpha value is -3.75. The molecular weight excluding hydrogens is 384 g/mol. The number of primary amides is 1. The Morgan fingerprint density at radius 2 is 1.80 bits per heavy atom. The number of nitrogens with two attached hydrogens (primary N) is 1. The van der Waals surface area contributed by atoms with Crippen LogP contribution in [0.1, 0.15) is 32.0 Å². The fourth-order valence-electron chi connectivity index (χ4n) is 2.62. The van der Waals surface area contributed by atoms with Crippen molar-refractivity contribution in [2.45, 2.75) is 32.6 Å². The highest BCUT2D eigenvalue weighted by Gasteiger charge is 2.22. The molecule has 0 aliphatic rings. The van der Waals surface area contributed by atoms with Gasteiger partial charge in [0, 0.05) is 23.9 Å². The van der Waals surface area contributed by atoms with Crippen LogP contribution in [0.2, 0.25) is 0 Å². The maximum atomic E-state index is 12.5. The van der Waals surface area contributed by atoms with Crippen LogP contribution in [0.3, 0.4) is 0 Å². The molecule has 0 spiro atoms. The van der Waals surface area contributed by atoms with Crippen molar-refractivity contribution in [2.75, 3.05) is 11.9 Å². The number of amides is 2. The molecular formula is C21H24N6O3. The van der Waals surface area contributed by atoms with Gasteiger partial charge in [0.05, 0.1) is 12.1 Å². The van der Waals surface area contributed by atoms with Crippen molar-refractivity contribution in [1.82, 2.24) is 19.7 Å². The van der Waals surface area contributed by atoms with E-state index in [1.165, 1.54) is 4.68 Å². The quantitative estimate of drug-likeness (QED) is 0.616. The van der Waals surface area contributed by atoms with Crippen LogP contribution in [0.25, 0.3) is 5.95 Å². The number of nitrogens with zero attached hydrogens (tertiary/aromatic N) is 4. The summed E-state index contributed by atoms with van der Waals surface area (Å²) in [6, 6.07) is 10.3. The largest absolute Gasteiger partial charge is 0.484 e. The minimum absolute atomic E-state index is 0.155. The maximum absolute atomic E-state index is 12.5. The first-order chi connectivity index (χ1) is 14.2. The Bertz CT molecular complexity index is 1020. The zero-order valence-electron chi connectivity index (χ0n) is 17.1. The van der Waals surface area contributed by atoms with Gasteiger partial charge in [-0.2, -0.15) is 9.78 Å². The SMILES string of the molecule is CC(C)(C)c1cc(NC(=O)COc2ccc(CC(N)=O)cc2)n(-c2ncccn2)n1. The fraction of sp³-hybridized carbons (Fsp3) is 0.286. The highest BCUT2D eigenvalue weighted by Crippen LogP contribution is 2.25. The number of hydrogen-bond donors (Lipinski definition) is 2. The summed E-state index contributed by atoms with van der Waals surface area (Å²) in [5.74, 6) is 0.560. The van der Waals surface area contributed by atoms with Crippen molar-refractivity contribution < 1.29 is 14.3 Å². The molecule has 2 heterocycles. The second kappa shape index (κ2) is 8.73. The minimum atomic E-state index is -0.406. The number of rotatable bonds is 7. The Balaban J connectivity index is 1.70. The molecule has 3 aromatic rings. The molecule has 0 aliphatic heterocycles. The molecule has 30 heavy (non-hydrogen) atoms. The van der Waals surface area contributed by atoms with Gasteiger partial charge in [-0.05, 0) is 23.8 Å². The van der Waals surface area contributed by atoms with Gasteiger partial charge in [0.25, 0.3) is 11.9 Å². The summed E-state index contributed by atoms with van der Waals surface area (Å²) in [4.78, 5) is 31.8. The number of nitrogens with one attached hydrogen (secondary N) is 1. The van der Waals surface area contributed by atoms with Crippen LogP contribution in [0.5, 0.6) is 5.75 Å². The summed E-state index contributed by atoms with van der Waals surface area (Å²) >= 11 is 0. The van der Waals surface area contributed by atoms with Gasteiger partial charge < -0.3 is 15.8 Å². The third-order valence-corrected chi connectivity index (χ3v) is 4.16. The molecule has 0 unspecified atom stereocenters. The molecule has 9 nitrogen and oxygen atoms in total. The Kier molecular flexibility index (Phi) is 6.10. The standard InChI is InChI=1S/C21H24N6O3/c1-21(2,3)16-12-18(27(26-16)20-23-9-4-10-24-20)25-19(29)13-30-15-7-5-14(6-8-15)11-17(22)28/h4-10,12H,11,13H2,1-3H3,(H2,22,28)(H,25,29). The lowest BCUT2D eigenvalue weighted by molar-refractivity contribution is -0.118. The van der Waals surface area contributed by atoms with Crippen molar-refractivity contribution in [1.29, 1.82) is 0 Å². The number of ether oxygens (including phenoxy) is 1. The molecule has 0 atom stereocenters.